The summed E-state index contributed by atoms with van der Waals surface area (Å²) >= 11 is 0. The Labute approximate surface area is 228 Å². The maximum Gasteiger partial charge on any atom is 0.321 e. The molecule has 3 amide bonds. The molecule has 0 spiro atoms. The molecule has 0 radical (unpaired) electrons. The van der Waals surface area contributed by atoms with E-state index in [2.05, 4.69) is 5.32 Å². The van der Waals surface area contributed by atoms with Gasteiger partial charge in [0, 0.05) is 43.8 Å². The first-order valence-corrected chi connectivity index (χ1v) is 14.5. The van der Waals surface area contributed by atoms with Crippen molar-refractivity contribution in [2.45, 2.75) is 17.9 Å². The molecule has 2 fully saturated rings. The Hall–Kier alpha value is -3.67. The van der Waals surface area contributed by atoms with Gasteiger partial charge in [-0.3, -0.25) is 4.79 Å². The van der Waals surface area contributed by atoms with Crippen molar-refractivity contribution in [2.75, 3.05) is 57.9 Å². The number of anilines is 1. The number of hydrogen-bond acceptors (Lipinski definition) is 6. The summed E-state index contributed by atoms with van der Waals surface area (Å²) in [4.78, 5) is 30.2. The van der Waals surface area contributed by atoms with Gasteiger partial charge >= 0.3 is 6.03 Å². The third kappa shape index (κ3) is 5.70. The molecule has 11 heteroatoms. The Morgan fingerprint density at radius 3 is 2.38 bits per heavy atom. The summed E-state index contributed by atoms with van der Waals surface area (Å²) in [5.74, 6) is 0.361. The van der Waals surface area contributed by atoms with E-state index in [4.69, 9.17) is 9.47 Å². The molecule has 2 saturated heterocycles. The van der Waals surface area contributed by atoms with Gasteiger partial charge in [0.15, 0.2) is 0 Å². The number of rotatable bonds is 6. The summed E-state index contributed by atoms with van der Waals surface area (Å²) in [6, 6.07) is 17.9. The highest BCUT2D eigenvalue weighted by atomic mass is 32.2. The zero-order valence-electron chi connectivity index (χ0n) is 21.8. The van der Waals surface area contributed by atoms with Crippen LogP contribution in [0.1, 0.15) is 6.92 Å². The number of morpholine rings is 1. The van der Waals surface area contributed by atoms with Crippen molar-refractivity contribution < 1.29 is 27.5 Å². The number of nitrogens with one attached hydrogen (secondary N) is 1. The van der Waals surface area contributed by atoms with E-state index in [1.165, 1.54) is 9.21 Å². The molecular weight excluding hydrogens is 520 g/mol. The quantitative estimate of drug-likeness (QED) is 0.504. The number of carbonyl (C=O) groups excluding carboxylic acids is 2. The highest BCUT2D eigenvalue weighted by molar-refractivity contribution is 7.89. The van der Waals surface area contributed by atoms with Crippen molar-refractivity contribution in [3.63, 3.8) is 0 Å². The maximum absolute atomic E-state index is 14.1. The van der Waals surface area contributed by atoms with E-state index < -0.39 is 22.1 Å². The van der Waals surface area contributed by atoms with E-state index in [1.807, 2.05) is 25.1 Å². The second kappa shape index (κ2) is 11.6. The van der Waals surface area contributed by atoms with E-state index in [-0.39, 0.29) is 30.4 Å². The van der Waals surface area contributed by atoms with Gasteiger partial charge in [-0.2, -0.15) is 4.31 Å². The summed E-state index contributed by atoms with van der Waals surface area (Å²) in [5, 5.41) is 4.23. The van der Waals surface area contributed by atoms with Crippen LogP contribution >= 0.6 is 0 Å². The van der Waals surface area contributed by atoms with E-state index >= 15 is 0 Å². The fourth-order valence-electron chi connectivity index (χ4n) is 4.98. The van der Waals surface area contributed by atoms with Crippen molar-refractivity contribution >= 4 is 38.4 Å². The van der Waals surface area contributed by atoms with Gasteiger partial charge in [0.1, 0.15) is 11.8 Å². The van der Waals surface area contributed by atoms with Crippen molar-refractivity contribution in [1.29, 1.82) is 0 Å². The van der Waals surface area contributed by atoms with Crippen LogP contribution in [0, 0.1) is 0 Å². The molecule has 0 aromatic heterocycles. The lowest BCUT2D eigenvalue weighted by Crippen LogP contribution is -2.63. The molecule has 5 rings (SSSR count). The highest BCUT2D eigenvalue weighted by Gasteiger charge is 2.43. The van der Waals surface area contributed by atoms with Crippen LogP contribution in [-0.4, -0.2) is 93.0 Å². The zero-order chi connectivity index (χ0) is 27.4. The number of nitrogens with zero attached hydrogens (tertiary/aromatic N) is 3. The smallest absolute Gasteiger partial charge is 0.321 e. The van der Waals surface area contributed by atoms with Crippen molar-refractivity contribution in [3.8, 4) is 5.75 Å². The largest absolute Gasteiger partial charge is 0.494 e. The second-order valence-electron chi connectivity index (χ2n) is 9.38. The molecule has 1 unspecified atom stereocenters. The molecule has 206 valence electrons. The van der Waals surface area contributed by atoms with Crippen molar-refractivity contribution in [1.82, 2.24) is 14.1 Å². The minimum atomic E-state index is -4.06. The molecular formula is C28H32N4O6S. The van der Waals surface area contributed by atoms with Gasteiger partial charge in [0.2, 0.25) is 15.9 Å². The predicted octanol–water partition coefficient (Wildman–Crippen LogP) is 3.00. The summed E-state index contributed by atoms with van der Waals surface area (Å²) in [7, 11) is -4.06. The molecule has 3 aromatic carbocycles. The van der Waals surface area contributed by atoms with Crippen LogP contribution in [0.5, 0.6) is 5.75 Å². The molecule has 2 aliphatic rings. The monoisotopic (exact) mass is 552 g/mol. The Morgan fingerprint density at radius 1 is 0.923 bits per heavy atom. The van der Waals surface area contributed by atoms with Crippen LogP contribution in [0.3, 0.4) is 0 Å². The molecule has 0 bridgehead atoms. The second-order valence-corrected chi connectivity index (χ2v) is 11.2. The number of fused-ring (bicyclic) bond motifs is 1. The van der Waals surface area contributed by atoms with E-state index in [1.54, 1.807) is 53.4 Å². The van der Waals surface area contributed by atoms with Crippen LogP contribution in [-0.2, 0) is 19.6 Å². The first kappa shape index (κ1) is 26.9. The van der Waals surface area contributed by atoms with Gasteiger partial charge in [-0.25, -0.2) is 13.2 Å². The topological polar surface area (TPSA) is 108 Å². The van der Waals surface area contributed by atoms with Gasteiger partial charge in [0.25, 0.3) is 0 Å². The third-order valence-corrected chi connectivity index (χ3v) is 8.95. The van der Waals surface area contributed by atoms with Gasteiger partial charge in [0.05, 0.1) is 24.7 Å². The lowest BCUT2D eigenvalue weighted by molar-refractivity contribution is -0.140. The summed E-state index contributed by atoms with van der Waals surface area (Å²) in [6.07, 6.45) is 0. The fourth-order valence-corrected chi connectivity index (χ4v) is 6.77. The number of carbonyl (C=O) groups is 2. The molecule has 2 heterocycles. The number of benzene rings is 3. The Kier molecular flexibility index (Phi) is 8.01. The van der Waals surface area contributed by atoms with Gasteiger partial charge in [-0.05, 0) is 42.6 Å². The Bertz CT molecular complexity index is 1430. The Morgan fingerprint density at radius 2 is 1.64 bits per heavy atom. The fraction of sp³-hybridized carbons (Fsp3) is 0.357. The molecule has 39 heavy (non-hydrogen) atoms. The first-order chi connectivity index (χ1) is 18.9. The van der Waals surface area contributed by atoms with Gasteiger partial charge in [-0.15, -0.1) is 0 Å². The molecule has 0 aliphatic carbocycles. The summed E-state index contributed by atoms with van der Waals surface area (Å²) < 4.78 is 40.2. The SMILES string of the molecule is CCOc1ccc(NC(=O)N2CCN(S(=O)(=O)c3cccc4ccccc34)C(C(=O)N3CCOCC3)C2)cc1. The summed E-state index contributed by atoms with van der Waals surface area (Å²) in [6.45, 7) is 4.01. The minimum Gasteiger partial charge on any atom is -0.494 e. The van der Waals surface area contributed by atoms with Crippen molar-refractivity contribution in [3.05, 3.63) is 66.7 Å². The van der Waals surface area contributed by atoms with Gasteiger partial charge < -0.3 is 24.6 Å². The molecule has 10 nitrogen and oxygen atoms in total. The number of amides is 3. The van der Waals surface area contributed by atoms with Gasteiger partial charge in [-0.1, -0.05) is 36.4 Å². The average Bonchev–Trinajstić information content (AvgIpc) is 2.97. The van der Waals surface area contributed by atoms with E-state index in [0.29, 0.717) is 49.7 Å². The maximum atomic E-state index is 14.1. The molecule has 0 saturated carbocycles. The van der Waals surface area contributed by atoms with Crippen LogP contribution in [0.2, 0.25) is 0 Å². The number of piperazine rings is 1. The van der Waals surface area contributed by atoms with Crippen LogP contribution in [0.15, 0.2) is 71.6 Å². The summed E-state index contributed by atoms with van der Waals surface area (Å²) in [5.41, 5.74) is 0.574. The van der Waals surface area contributed by atoms with Crippen LogP contribution < -0.4 is 10.1 Å². The highest BCUT2D eigenvalue weighted by Crippen LogP contribution is 2.29. The standard InChI is InChI=1S/C28H32N4O6S/c1-2-38-23-12-10-22(11-13-23)29-28(34)31-14-15-32(25(20-31)27(33)30-16-18-37-19-17-30)39(35,36)26-9-5-7-21-6-3-4-8-24(21)26/h3-13,25H,2,14-20H2,1H3,(H,29,34). The minimum absolute atomic E-state index is 0.0109. The number of urea groups is 1. The number of sulfonamides is 1. The first-order valence-electron chi connectivity index (χ1n) is 13.0. The Balaban J connectivity index is 1.41. The zero-order valence-corrected chi connectivity index (χ0v) is 22.6. The number of hydrogen-bond donors (Lipinski definition) is 1. The lowest BCUT2D eigenvalue weighted by atomic mass is 10.1. The molecule has 1 atom stereocenters. The molecule has 1 N–H and O–H groups in total. The van der Waals surface area contributed by atoms with E-state index in [0.717, 1.165) is 5.39 Å². The normalized spacial score (nSPS) is 18.6. The molecule has 3 aromatic rings. The van der Waals surface area contributed by atoms with Crippen LogP contribution in [0.25, 0.3) is 10.8 Å². The predicted molar refractivity (Wildman–Crippen MR) is 147 cm³/mol. The number of ether oxygens (including phenoxy) is 2. The average molecular weight is 553 g/mol. The van der Waals surface area contributed by atoms with Crippen LogP contribution in [0.4, 0.5) is 10.5 Å². The third-order valence-electron chi connectivity index (χ3n) is 6.98. The lowest BCUT2D eigenvalue weighted by Gasteiger charge is -2.42. The molecule has 2 aliphatic heterocycles. The van der Waals surface area contributed by atoms with Crippen molar-refractivity contribution in [2.24, 2.45) is 0 Å². The van der Waals surface area contributed by atoms with E-state index in [9.17, 15) is 18.0 Å².